The van der Waals surface area contributed by atoms with E-state index < -0.39 is 0 Å². The SMILES string of the molecule is Cc1ncc(CO)c(/C=N/NC(=S)Nc2ccccc2)c1O. The number of aliphatic hydroxyl groups is 1. The van der Waals surface area contributed by atoms with Gasteiger partial charge in [0.2, 0.25) is 0 Å². The maximum Gasteiger partial charge on any atom is 0.191 e. The number of thiocarbonyl (C=S) groups is 1. The zero-order valence-corrected chi connectivity index (χ0v) is 12.8. The van der Waals surface area contributed by atoms with Crippen molar-refractivity contribution in [1.29, 1.82) is 0 Å². The number of para-hydroxylation sites is 1. The van der Waals surface area contributed by atoms with Gasteiger partial charge in [0.25, 0.3) is 0 Å². The number of hydrogen-bond donors (Lipinski definition) is 4. The fourth-order valence-electron chi connectivity index (χ4n) is 1.76. The number of aliphatic hydroxyl groups excluding tert-OH is 1. The lowest BCUT2D eigenvalue weighted by Gasteiger charge is -2.08. The van der Waals surface area contributed by atoms with Crippen molar-refractivity contribution in [2.45, 2.75) is 13.5 Å². The number of nitrogens with one attached hydrogen (secondary N) is 2. The second-order valence-electron chi connectivity index (χ2n) is 4.48. The molecule has 114 valence electrons. The summed E-state index contributed by atoms with van der Waals surface area (Å²) in [7, 11) is 0. The average molecular weight is 316 g/mol. The Bertz CT molecular complexity index is 689. The summed E-state index contributed by atoms with van der Waals surface area (Å²) < 4.78 is 0. The van der Waals surface area contributed by atoms with E-state index in [4.69, 9.17) is 12.2 Å². The lowest BCUT2D eigenvalue weighted by atomic mass is 10.1. The number of hydrazone groups is 1. The van der Waals surface area contributed by atoms with Gasteiger partial charge in [0, 0.05) is 23.0 Å². The molecule has 0 saturated heterocycles. The van der Waals surface area contributed by atoms with Crippen LogP contribution >= 0.6 is 12.2 Å². The van der Waals surface area contributed by atoms with E-state index in [-0.39, 0.29) is 12.4 Å². The zero-order chi connectivity index (χ0) is 15.9. The molecule has 1 heterocycles. The summed E-state index contributed by atoms with van der Waals surface area (Å²) in [5.74, 6) is -0.0148. The molecule has 0 amide bonds. The minimum absolute atomic E-state index is 0.0148. The van der Waals surface area contributed by atoms with E-state index in [0.717, 1.165) is 5.69 Å². The highest BCUT2D eigenvalue weighted by atomic mass is 32.1. The first kappa shape index (κ1) is 15.9. The topological polar surface area (TPSA) is 89.8 Å². The number of aromatic nitrogens is 1. The molecule has 0 atom stereocenters. The molecule has 0 unspecified atom stereocenters. The van der Waals surface area contributed by atoms with Crippen molar-refractivity contribution in [3.63, 3.8) is 0 Å². The van der Waals surface area contributed by atoms with Crippen LogP contribution in [0.15, 0.2) is 41.6 Å². The predicted molar refractivity (Wildman–Crippen MR) is 90.0 cm³/mol. The maximum atomic E-state index is 9.97. The van der Waals surface area contributed by atoms with Gasteiger partial charge in [-0.1, -0.05) is 18.2 Å². The van der Waals surface area contributed by atoms with Crippen molar-refractivity contribution >= 4 is 29.2 Å². The van der Waals surface area contributed by atoms with Crippen LogP contribution in [0, 0.1) is 6.92 Å². The number of aryl methyl sites for hydroxylation is 1. The number of anilines is 1. The van der Waals surface area contributed by atoms with Crippen LogP contribution in [-0.4, -0.2) is 26.5 Å². The Kier molecular flexibility index (Phi) is 5.40. The van der Waals surface area contributed by atoms with Crippen molar-refractivity contribution in [1.82, 2.24) is 10.4 Å². The second kappa shape index (κ2) is 7.48. The summed E-state index contributed by atoms with van der Waals surface area (Å²) in [6, 6.07) is 9.43. The molecule has 22 heavy (non-hydrogen) atoms. The third-order valence-electron chi connectivity index (χ3n) is 2.92. The monoisotopic (exact) mass is 316 g/mol. The molecule has 0 spiro atoms. The largest absolute Gasteiger partial charge is 0.505 e. The molecule has 1 aromatic carbocycles. The minimum atomic E-state index is -0.241. The number of benzene rings is 1. The average Bonchev–Trinajstić information content (AvgIpc) is 2.52. The Morgan fingerprint density at radius 2 is 2.09 bits per heavy atom. The predicted octanol–water partition coefficient (Wildman–Crippen LogP) is 1.91. The first-order chi connectivity index (χ1) is 10.6. The number of rotatable bonds is 4. The smallest absolute Gasteiger partial charge is 0.191 e. The third kappa shape index (κ3) is 4.00. The first-order valence-electron chi connectivity index (χ1n) is 6.55. The number of nitrogens with zero attached hydrogens (tertiary/aromatic N) is 2. The molecule has 1 aromatic heterocycles. The van der Waals surface area contributed by atoms with Crippen LogP contribution < -0.4 is 10.7 Å². The van der Waals surface area contributed by atoms with E-state index in [9.17, 15) is 10.2 Å². The van der Waals surface area contributed by atoms with Crippen LogP contribution in [0.5, 0.6) is 5.75 Å². The lowest BCUT2D eigenvalue weighted by Crippen LogP contribution is -2.23. The highest BCUT2D eigenvalue weighted by molar-refractivity contribution is 7.80. The van der Waals surface area contributed by atoms with Crippen LogP contribution in [0.25, 0.3) is 0 Å². The molecular formula is C15H16N4O2S. The van der Waals surface area contributed by atoms with Gasteiger partial charge in [-0.05, 0) is 31.3 Å². The Hall–Kier alpha value is -2.51. The number of pyridine rings is 1. The summed E-state index contributed by atoms with van der Waals surface area (Å²) >= 11 is 5.11. The third-order valence-corrected chi connectivity index (χ3v) is 3.11. The Labute approximate surface area is 133 Å². The van der Waals surface area contributed by atoms with E-state index in [2.05, 4.69) is 20.8 Å². The van der Waals surface area contributed by atoms with Crippen LogP contribution in [0.3, 0.4) is 0 Å². The van der Waals surface area contributed by atoms with Crippen molar-refractivity contribution < 1.29 is 10.2 Å². The Morgan fingerprint density at radius 1 is 1.36 bits per heavy atom. The van der Waals surface area contributed by atoms with Crippen molar-refractivity contribution in [2.24, 2.45) is 5.10 Å². The molecule has 4 N–H and O–H groups in total. The van der Waals surface area contributed by atoms with E-state index >= 15 is 0 Å². The molecule has 0 aliphatic carbocycles. The molecule has 0 bridgehead atoms. The minimum Gasteiger partial charge on any atom is -0.505 e. The molecule has 2 aromatic rings. The first-order valence-corrected chi connectivity index (χ1v) is 6.96. The van der Waals surface area contributed by atoms with Gasteiger partial charge in [-0.25, -0.2) is 0 Å². The molecule has 7 heteroatoms. The highest BCUT2D eigenvalue weighted by Crippen LogP contribution is 2.21. The molecule has 6 nitrogen and oxygen atoms in total. The molecule has 0 saturated carbocycles. The van der Waals surface area contributed by atoms with Gasteiger partial charge in [-0.2, -0.15) is 5.10 Å². The quantitative estimate of drug-likeness (QED) is 0.391. The van der Waals surface area contributed by atoms with Gasteiger partial charge >= 0.3 is 0 Å². The fraction of sp³-hybridized carbons (Fsp3) is 0.133. The lowest BCUT2D eigenvalue weighted by molar-refractivity contribution is 0.280. The van der Waals surface area contributed by atoms with Crippen LogP contribution in [0.4, 0.5) is 5.69 Å². The highest BCUT2D eigenvalue weighted by Gasteiger charge is 2.09. The van der Waals surface area contributed by atoms with Gasteiger partial charge in [0.1, 0.15) is 5.75 Å². The van der Waals surface area contributed by atoms with Gasteiger partial charge in [0.05, 0.1) is 18.5 Å². The molecule has 0 aliphatic heterocycles. The Balaban J connectivity index is 2.04. The molecule has 0 aliphatic rings. The maximum absolute atomic E-state index is 9.97. The fourth-order valence-corrected chi connectivity index (χ4v) is 1.93. The van der Waals surface area contributed by atoms with Crippen molar-refractivity contribution in [3.8, 4) is 5.75 Å². The van der Waals surface area contributed by atoms with E-state index in [1.807, 2.05) is 30.3 Å². The molecular weight excluding hydrogens is 300 g/mol. The standard InChI is InChI=1S/C15H16N4O2S/c1-10-14(21)13(11(9-20)7-16-10)8-17-19-15(22)18-12-5-3-2-4-6-12/h2-8,20-21H,9H2,1H3,(H2,18,19,22)/b17-8+. The van der Waals surface area contributed by atoms with Gasteiger partial charge in [-0.3, -0.25) is 10.4 Å². The zero-order valence-electron chi connectivity index (χ0n) is 11.9. The van der Waals surface area contributed by atoms with E-state index in [0.29, 0.717) is 21.9 Å². The summed E-state index contributed by atoms with van der Waals surface area (Å²) in [4.78, 5) is 3.98. The number of hydrogen-bond acceptors (Lipinski definition) is 5. The summed E-state index contributed by atoms with van der Waals surface area (Å²) in [6.45, 7) is 1.43. The summed E-state index contributed by atoms with van der Waals surface area (Å²) in [6.07, 6.45) is 2.89. The normalized spacial score (nSPS) is 10.6. The van der Waals surface area contributed by atoms with E-state index in [1.54, 1.807) is 6.92 Å². The Morgan fingerprint density at radius 3 is 2.77 bits per heavy atom. The van der Waals surface area contributed by atoms with Gasteiger partial charge in [-0.15, -0.1) is 0 Å². The number of aromatic hydroxyl groups is 1. The summed E-state index contributed by atoms with van der Waals surface area (Å²) in [5.41, 5.74) is 4.85. The molecule has 0 radical (unpaired) electrons. The van der Waals surface area contributed by atoms with Crippen LogP contribution in [-0.2, 0) is 6.61 Å². The van der Waals surface area contributed by atoms with Crippen molar-refractivity contribution in [2.75, 3.05) is 5.32 Å². The van der Waals surface area contributed by atoms with Crippen molar-refractivity contribution in [3.05, 3.63) is 53.3 Å². The van der Waals surface area contributed by atoms with Gasteiger partial charge < -0.3 is 15.5 Å². The van der Waals surface area contributed by atoms with Crippen LogP contribution in [0.2, 0.25) is 0 Å². The molecule has 0 fully saturated rings. The van der Waals surface area contributed by atoms with Crippen LogP contribution in [0.1, 0.15) is 16.8 Å². The van der Waals surface area contributed by atoms with Gasteiger partial charge in [0.15, 0.2) is 5.11 Å². The second-order valence-corrected chi connectivity index (χ2v) is 4.89. The molecule has 2 rings (SSSR count). The summed E-state index contributed by atoms with van der Waals surface area (Å²) in [5, 5.41) is 26.5. The van der Waals surface area contributed by atoms with E-state index in [1.165, 1.54) is 12.4 Å².